The first-order valence-electron chi connectivity index (χ1n) is 10.4. The van der Waals surface area contributed by atoms with E-state index in [9.17, 15) is 9.59 Å². The Balaban J connectivity index is 1.26. The van der Waals surface area contributed by atoms with Crippen molar-refractivity contribution in [2.75, 3.05) is 32.8 Å². The third-order valence-corrected chi connectivity index (χ3v) is 7.32. The third-order valence-electron chi connectivity index (χ3n) is 6.14. The number of thiophene rings is 1. The average Bonchev–Trinajstić information content (AvgIpc) is 3.36. The van der Waals surface area contributed by atoms with E-state index in [-0.39, 0.29) is 17.6 Å². The highest BCUT2D eigenvalue weighted by Gasteiger charge is 2.30. The Kier molecular flexibility index (Phi) is 4.94. The zero-order valence-electron chi connectivity index (χ0n) is 16.0. The molecule has 5 rings (SSSR count). The topological polar surface area (TPSA) is 78.5 Å². The van der Waals surface area contributed by atoms with Crippen molar-refractivity contribution in [2.24, 2.45) is 0 Å². The third kappa shape index (κ3) is 3.38. The summed E-state index contributed by atoms with van der Waals surface area (Å²) >= 11 is 1.69. The van der Waals surface area contributed by atoms with Crippen molar-refractivity contribution in [3.63, 3.8) is 0 Å². The molecule has 3 aliphatic rings. The average molecular weight is 403 g/mol. The number of aryl methyl sites for hydroxylation is 2. The molecule has 0 unspecified atom stereocenters. The number of fused-ring (bicyclic) bond motifs is 3. The molecule has 2 aromatic heterocycles. The van der Waals surface area contributed by atoms with Gasteiger partial charge in [-0.15, -0.1) is 11.3 Å². The molecule has 0 spiro atoms. The Labute approximate surface area is 167 Å². The predicted octanol–water partition coefficient (Wildman–Crippen LogP) is 1.69. The minimum atomic E-state index is -0.239. The molecule has 4 heterocycles. The number of ether oxygens (including phenoxy) is 1. The molecule has 2 fully saturated rings. The van der Waals surface area contributed by atoms with E-state index in [0.29, 0.717) is 26.2 Å². The number of hydrogen-bond acceptors (Lipinski definition) is 6. The van der Waals surface area contributed by atoms with Gasteiger partial charge in [0.05, 0.1) is 11.9 Å². The first-order valence-corrected chi connectivity index (χ1v) is 11.2. The Morgan fingerprint density at radius 2 is 2.00 bits per heavy atom. The normalized spacial score (nSPS) is 23.3. The van der Waals surface area contributed by atoms with Crippen LogP contribution >= 0.6 is 11.3 Å². The first-order chi connectivity index (χ1) is 13.7. The van der Waals surface area contributed by atoms with E-state index in [0.717, 1.165) is 61.2 Å². The predicted molar refractivity (Wildman–Crippen MR) is 108 cm³/mol. The molecule has 2 saturated heterocycles. The monoisotopic (exact) mass is 402 g/mol. The second-order valence-electron chi connectivity index (χ2n) is 8.01. The van der Waals surface area contributed by atoms with E-state index >= 15 is 0 Å². The summed E-state index contributed by atoms with van der Waals surface area (Å²) in [7, 11) is 0. The van der Waals surface area contributed by atoms with Crippen molar-refractivity contribution in [2.45, 2.75) is 51.2 Å². The van der Waals surface area contributed by atoms with Crippen LogP contribution in [0, 0.1) is 0 Å². The van der Waals surface area contributed by atoms with Gasteiger partial charge in [-0.2, -0.15) is 0 Å². The summed E-state index contributed by atoms with van der Waals surface area (Å²) in [5.41, 5.74) is 1.24. The molecule has 0 bridgehead atoms. The fraction of sp³-hybridized carbons (Fsp3) is 0.650. The summed E-state index contributed by atoms with van der Waals surface area (Å²) in [5.74, 6) is 0.865. The number of piperazine rings is 1. The Morgan fingerprint density at radius 1 is 1.18 bits per heavy atom. The van der Waals surface area contributed by atoms with Crippen LogP contribution in [0.5, 0.6) is 0 Å². The highest BCUT2D eigenvalue weighted by Crippen LogP contribution is 2.33. The summed E-state index contributed by atoms with van der Waals surface area (Å²) in [6, 6.07) is 0. The molecule has 0 saturated carbocycles. The molecular weight excluding hydrogens is 376 g/mol. The number of nitrogens with one attached hydrogen (secondary N) is 1. The number of hydrogen-bond donors (Lipinski definition) is 1. The fourth-order valence-electron chi connectivity index (χ4n) is 4.60. The second-order valence-corrected chi connectivity index (χ2v) is 9.09. The van der Waals surface area contributed by atoms with Gasteiger partial charge in [0.25, 0.3) is 11.5 Å². The van der Waals surface area contributed by atoms with Gasteiger partial charge in [-0.1, -0.05) is 0 Å². The highest BCUT2D eigenvalue weighted by atomic mass is 32.1. The van der Waals surface area contributed by atoms with Crippen LogP contribution in [0.3, 0.4) is 0 Å². The van der Waals surface area contributed by atoms with E-state index in [1.54, 1.807) is 11.3 Å². The largest absolute Gasteiger partial charge is 0.368 e. The zero-order valence-corrected chi connectivity index (χ0v) is 16.9. The fourth-order valence-corrected chi connectivity index (χ4v) is 5.88. The lowest BCUT2D eigenvalue weighted by Gasteiger charge is -2.35. The van der Waals surface area contributed by atoms with Crippen molar-refractivity contribution in [1.29, 1.82) is 0 Å². The summed E-state index contributed by atoms with van der Waals surface area (Å²) in [6.45, 7) is 4.32. The maximum absolute atomic E-state index is 12.7. The molecule has 0 radical (unpaired) electrons. The van der Waals surface area contributed by atoms with Crippen molar-refractivity contribution in [1.82, 2.24) is 19.8 Å². The van der Waals surface area contributed by atoms with Gasteiger partial charge >= 0.3 is 0 Å². The van der Waals surface area contributed by atoms with E-state index in [1.165, 1.54) is 16.9 Å². The van der Waals surface area contributed by atoms with Gasteiger partial charge in [0, 0.05) is 37.7 Å². The van der Waals surface area contributed by atoms with Crippen LogP contribution < -0.4 is 5.56 Å². The Morgan fingerprint density at radius 3 is 2.79 bits per heavy atom. The van der Waals surface area contributed by atoms with E-state index in [4.69, 9.17) is 9.72 Å². The molecule has 1 atom stereocenters. The Hall–Kier alpha value is -1.77. The molecule has 1 N–H and O–H groups in total. The quantitative estimate of drug-likeness (QED) is 0.845. The highest BCUT2D eigenvalue weighted by molar-refractivity contribution is 7.18. The SMILES string of the molecule is O=C([C@@H]1CCCO1)N1CCN(Cc2nc3sc4c(c3c(=O)[nH]2)CCCC4)CC1. The van der Waals surface area contributed by atoms with Gasteiger partial charge in [-0.25, -0.2) is 4.98 Å². The molecular formula is C20H26N4O3S. The molecule has 150 valence electrons. The van der Waals surface area contributed by atoms with Crippen molar-refractivity contribution < 1.29 is 9.53 Å². The van der Waals surface area contributed by atoms with Crippen LogP contribution in [0.15, 0.2) is 4.79 Å². The zero-order chi connectivity index (χ0) is 19.1. The van der Waals surface area contributed by atoms with Crippen LogP contribution in [0.25, 0.3) is 10.2 Å². The molecule has 1 amide bonds. The smallest absolute Gasteiger partial charge is 0.259 e. The van der Waals surface area contributed by atoms with Gasteiger partial charge in [-0.3, -0.25) is 14.5 Å². The lowest BCUT2D eigenvalue weighted by molar-refractivity contribution is -0.142. The van der Waals surface area contributed by atoms with Crippen LogP contribution in [0.2, 0.25) is 0 Å². The molecule has 8 heteroatoms. The van der Waals surface area contributed by atoms with Gasteiger partial charge in [0.1, 0.15) is 16.8 Å². The molecule has 28 heavy (non-hydrogen) atoms. The number of aromatic nitrogens is 2. The molecule has 0 aromatic carbocycles. The van der Waals surface area contributed by atoms with Gasteiger partial charge in [0.2, 0.25) is 0 Å². The summed E-state index contributed by atoms with van der Waals surface area (Å²) in [4.78, 5) is 39.4. The van der Waals surface area contributed by atoms with Crippen LogP contribution in [-0.4, -0.2) is 64.6 Å². The number of H-pyrrole nitrogens is 1. The Bertz CT molecular complexity index is 939. The molecule has 2 aliphatic heterocycles. The maximum Gasteiger partial charge on any atom is 0.259 e. The minimum Gasteiger partial charge on any atom is -0.368 e. The van der Waals surface area contributed by atoms with Crippen molar-refractivity contribution in [3.8, 4) is 0 Å². The van der Waals surface area contributed by atoms with Crippen molar-refractivity contribution >= 4 is 27.5 Å². The number of amides is 1. The van der Waals surface area contributed by atoms with Crippen LogP contribution in [0.1, 0.15) is 41.9 Å². The van der Waals surface area contributed by atoms with E-state index < -0.39 is 0 Å². The molecule has 1 aliphatic carbocycles. The maximum atomic E-state index is 12.7. The lowest BCUT2D eigenvalue weighted by Crippen LogP contribution is -2.51. The molecule has 2 aromatic rings. The number of nitrogens with zero attached hydrogens (tertiary/aromatic N) is 3. The summed E-state index contributed by atoms with van der Waals surface area (Å²) in [5, 5.41) is 0.815. The number of carbonyl (C=O) groups excluding carboxylic acids is 1. The van der Waals surface area contributed by atoms with Gasteiger partial charge in [0.15, 0.2) is 0 Å². The van der Waals surface area contributed by atoms with Gasteiger partial charge < -0.3 is 14.6 Å². The lowest BCUT2D eigenvalue weighted by atomic mass is 9.97. The standard InChI is InChI=1S/C20H26N4O3S/c25-18-17-13-4-1-2-6-15(13)28-19(17)22-16(21-18)12-23-7-9-24(10-8-23)20(26)14-5-3-11-27-14/h14H,1-12H2,(H,21,22,25)/t14-/m0/s1. The first kappa shape index (κ1) is 18.3. The number of aromatic amines is 1. The van der Waals surface area contributed by atoms with Crippen LogP contribution in [0.4, 0.5) is 0 Å². The van der Waals surface area contributed by atoms with Crippen molar-refractivity contribution in [3.05, 3.63) is 26.6 Å². The van der Waals surface area contributed by atoms with E-state index in [2.05, 4.69) is 9.88 Å². The number of rotatable bonds is 3. The van der Waals surface area contributed by atoms with Gasteiger partial charge in [-0.05, 0) is 44.1 Å². The minimum absolute atomic E-state index is 0.00611. The number of carbonyl (C=O) groups is 1. The second kappa shape index (κ2) is 7.57. The van der Waals surface area contributed by atoms with E-state index in [1.807, 2.05) is 4.90 Å². The molecule has 7 nitrogen and oxygen atoms in total. The van der Waals surface area contributed by atoms with Crippen LogP contribution in [-0.2, 0) is 28.9 Å². The summed E-state index contributed by atoms with van der Waals surface area (Å²) < 4.78 is 5.53. The summed E-state index contributed by atoms with van der Waals surface area (Å²) in [6.07, 6.45) is 6.02.